The van der Waals surface area contributed by atoms with Gasteiger partial charge in [-0.1, -0.05) is 101 Å². The summed E-state index contributed by atoms with van der Waals surface area (Å²) in [5.41, 5.74) is 26.1. The molecule has 22 heteroatoms. The van der Waals surface area contributed by atoms with Gasteiger partial charge in [-0.3, -0.25) is 43.2 Å². The second kappa shape index (κ2) is 34.4. The van der Waals surface area contributed by atoms with E-state index in [-0.39, 0.29) is 102 Å². The maximum atomic E-state index is 14.6. The van der Waals surface area contributed by atoms with Crippen LogP contribution in [-0.4, -0.2) is 138 Å². The molecule has 9 atom stereocenters. The third kappa shape index (κ3) is 21.9. The molecule has 0 aliphatic carbocycles. The maximum absolute atomic E-state index is 14.6. The fourth-order valence-electron chi connectivity index (χ4n) is 9.71. The lowest BCUT2D eigenvalue weighted by Crippen LogP contribution is -2.60. The smallest absolute Gasteiger partial charge is 0.243 e. The molecule has 0 unspecified atom stereocenters. The van der Waals surface area contributed by atoms with Gasteiger partial charge in [-0.15, -0.1) is 0 Å². The number of carbonyl (C=O) groups excluding carboxylic acids is 9. The number of carbonyl (C=O) groups is 9. The van der Waals surface area contributed by atoms with E-state index in [0.29, 0.717) is 17.5 Å². The Labute approximate surface area is 464 Å². The summed E-state index contributed by atoms with van der Waals surface area (Å²) >= 11 is 0. The van der Waals surface area contributed by atoms with Gasteiger partial charge in [0, 0.05) is 68.2 Å². The van der Waals surface area contributed by atoms with Gasteiger partial charge in [-0.25, -0.2) is 0 Å². The zero-order valence-electron chi connectivity index (χ0n) is 46.3. The standard InChI is InChI=1S/C57H88N12O10/c1-4-5-6-7-11-16-40(70)32-41(71)29-38(33-61)52(74)64-44-22-26-62-53(75)49(30-39-34-63-43-18-13-12-17-42(39)43)69-55(77)46(21-25-60)65-54(76)45(20-24-59)66-56(78)47(27-35(2)3)68-57(79)48(28-36-14-9-8-10-15-36)67-51(73)37(19-23-58)31-50(44)72/h8-10,12-15,17-18,34-35,37-38,40,44-49,63,70H,4-7,11,16,19-33,58-61H2,1-3H3,(H,62,75)(H,64,74)(H,65,76)(H,66,78)(H,67,73)(H,68,79)(H,69,77)/t37-,38-,40-,44+,45+,46+,47+,48-,49+/m1/s1. The normalized spacial score (nSPS) is 22.4. The lowest BCUT2D eigenvalue weighted by molar-refractivity contribution is -0.136. The first-order valence-electron chi connectivity index (χ1n) is 28.1. The van der Waals surface area contributed by atoms with E-state index in [1.165, 1.54) is 0 Å². The molecular formula is C57H88N12O10. The van der Waals surface area contributed by atoms with Gasteiger partial charge in [0.1, 0.15) is 36.0 Å². The van der Waals surface area contributed by atoms with Crippen LogP contribution in [0.2, 0.25) is 0 Å². The summed E-state index contributed by atoms with van der Waals surface area (Å²) in [6.45, 7) is 5.07. The summed E-state index contributed by atoms with van der Waals surface area (Å²) < 4.78 is 0. The molecule has 0 bridgehead atoms. The number of aliphatic hydroxyl groups is 1. The van der Waals surface area contributed by atoms with Crippen LogP contribution in [0.15, 0.2) is 60.8 Å². The minimum Gasteiger partial charge on any atom is -0.393 e. The Morgan fingerprint density at radius 1 is 0.658 bits per heavy atom. The van der Waals surface area contributed by atoms with Crippen LogP contribution in [0.1, 0.15) is 122 Å². The molecule has 0 radical (unpaired) electrons. The van der Waals surface area contributed by atoms with Gasteiger partial charge in [0.2, 0.25) is 41.4 Å². The molecule has 1 fully saturated rings. The number of hydrogen-bond acceptors (Lipinski definition) is 14. The van der Waals surface area contributed by atoms with Crippen LogP contribution < -0.4 is 60.2 Å². The fraction of sp³-hybridized carbons (Fsp3) is 0.596. The van der Waals surface area contributed by atoms with Gasteiger partial charge in [0.25, 0.3) is 0 Å². The summed E-state index contributed by atoms with van der Waals surface area (Å²) in [6, 6.07) is 8.41. The number of nitrogens with one attached hydrogen (secondary N) is 8. The second-order valence-corrected chi connectivity index (χ2v) is 21.2. The molecule has 2 aromatic carbocycles. The third-order valence-corrected chi connectivity index (χ3v) is 14.2. The number of benzene rings is 2. The van der Waals surface area contributed by atoms with E-state index in [2.05, 4.69) is 49.1 Å². The Balaban J connectivity index is 1.76. The number of aromatic nitrogens is 1. The van der Waals surface area contributed by atoms with E-state index < -0.39 is 108 Å². The maximum Gasteiger partial charge on any atom is 0.243 e. The predicted octanol–water partition coefficient (Wildman–Crippen LogP) is 0.695. The molecule has 79 heavy (non-hydrogen) atoms. The van der Waals surface area contributed by atoms with E-state index >= 15 is 0 Å². The first kappa shape index (κ1) is 64.9. The molecule has 436 valence electrons. The fourth-order valence-corrected chi connectivity index (χ4v) is 9.71. The number of unbranched alkanes of at least 4 members (excludes halogenated alkanes) is 4. The molecule has 22 nitrogen and oxygen atoms in total. The van der Waals surface area contributed by atoms with E-state index in [9.17, 15) is 48.3 Å². The molecule has 1 saturated heterocycles. The van der Waals surface area contributed by atoms with Gasteiger partial charge < -0.3 is 70.2 Å². The van der Waals surface area contributed by atoms with Crippen molar-refractivity contribution >= 4 is 63.8 Å². The van der Waals surface area contributed by atoms with E-state index in [0.717, 1.165) is 43.0 Å². The predicted molar refractivity (Wildman–Crippen MR) is 301 cm³/mol. The number of amides is 7. The average Bonchev–Trinajstić information content (AvgIpc) is 3.83. The highest BCUT2D eigenvalue weighted by Gasteiger charge is 2.36. The number of Topliss-reactive ketones (excluding diaryl/α,β-unsaturated/α-hetero) is 2. The largest absolute Gasteiger partial charge is 0.393 e. The highest BCUT2D eigenvalue weighted by atomic mass is 16.3. The van der Waals surface area contributed by atoms with Gasteiger partial charge in [0.15, 0.2) is 5.78 Å². The SMILES string of the molecule is CCCCCCC[C@@H](O)CC(=O)C[C@H](CN)C(=O)N[C@H]1CCNC(=O)[C@H](Cc2c[nH]c3ccccc23)NC(=O)[C@H](CCN)NC(=O)[C@H](CCN)NC(=O)[C@H](CC(C)C)NC(=O)[C@@H](Cc2ccccc2)NC(=O)[C@H](CCN)CC1=O. The quantitative estimate of drug-likeness (QED) is 0.0520. The zero-order valence-corrected chi connectivity index (χ0v) is 46.3. The minimum atomic E-state index is -1.37. The zero-order chi connectivity index (χ0) is 57.9. The molecule has 17 N–H and O–H groups in total. The summed E-state index contributed by atoms with van der Waals surface area (Å²) in [4.78, 5) is 131. The van der Waals surface area contributed by atoms with Crippen LogP contribution in [-0.2, 0) is 56.0 Å². The number of aromatic amines is 1. The van der Waals surface area contributed by atoms with Crippen molar-refractivity contribution in [3.8, 4) is 0 Å². The number of nitrogens with two attached hydrogens (primary N) is 4. The van der Waals surface area contributed by atoms with Crippen LogP contribution in [0.3, 0.4) is 0 Å². The molecule has 1 aliphatic heterocycles. The second-order valence-electron chi connectivity index (χ2n) is 21.2. The number of aliphatic hydroxyl groups excluding tert-OH is 1. The highest BCUT2D eigenvalue weighted by molar-refractivity contribution is 5.98. The lowest BCUT2D eigenvalue weighted by atomic mass is 9.91. The molecule has 0 spiro atoms. The molecule has 3 aromatic rings. The van der Waals surface area contributed by atoms with E-state index in [1.54, 1.807) is 36.5 Å². The number of H-pyrrole nitrogens is 1. The summed E-state index contributed by atoms with van der Waals surface area (Å²) in [5, 5.41) is 30.7. The first-order valence-corrected chi connectivity index (χ1v) is 28.1. The van der Waals surface area contributed by atoms with Crippen molar-refractivity contribution in [2.24, 2.45) is 40.7 Å². The van der Waals surface area contributed by atoms with Crippen LogP contribution in [0.25, 0.3) is 10.9 Å². The monoisotopic (exact) mass is 1100 g/mol. The number of fused-ring (bicyclic) bond motifs is 1. The van der Waals surface area contributed by atoms with Crippen molar-refractivity contribution < 1.29 is 48.3 Å². The minimum absolute atomic E-state index is 0.0289. The summed E-state index contributed by atoms with van der Waals surface area (Å²) in [7, 11) is 0. The van der Waals surface area contributed by atoms with Gasteiger partial charge in [-0.2, -0.15) is 0 Å². The Kier molecular flexibility index (Phi) is 28.3. The molecule has 1 aliphatic rings. The Morgan fingerprint density at radius 3 is 1.86 bits per heavy atom. The Morgan fingerprint density at radius 2 is 1.23 bits per heavy atom. The number of ketones is 2. The third-order valence-electron chi connectivity index (χ3n) is 14.2. The van der Waals surface area contributed by atoms with Crippen molar-refractivity contribution in [1.82, 2.24) is 42.2 Å². The average molecular weight is 1100 g/mol. The van der Waals surface area contributed by atoms with Gasteiger partial charge in [0.05, 0.1) is 18.1 Å². The van der Waals surface area contributed by atoms with Crippen molar-refractivity contribution in [3.63, 3.8) is 0 Å². The van der Waals surface area contributed by atoms with Crippen molar-refractivity contribution in [3.05, 3.63) is 71.9 Å². The molecule has 2 heterocycles. The number of para-hydroxylation sites is 1. The van der Waals surface area contributed by atoms with Crippen molar-refractivity contribution in [2.45, 2.75) is 166 Å². The van der Waals surface area contributed by atoms with Gasteiger partial charge in [-0.05, 0) is 81.3 Å². The summed E-state index contributed by atoms with van der Waals surface area (Å²) in [5.74, 6) is -8.58. The lowest BCUT2D eigenvalue weighted by Gasteiger charge is -2.28. The van der Waals surface area contributed by atoms with Gasteiger partial charge >= 0.3 is 0 Å². The highest BCUT2D eigenvalue weighted by Crippen LogP contribution is 2.21. The van der Waals surface area contributed by atoms with Crippen molar-refractivity contribution in [1.29, 1.82) is 0 Å². The van der Waals surface area contributed by atoms with Crippen LogP contribution in [0.4, 0.5) is 0 Å². The van der Waals surface area contributed by atoms with Crippen LogP contribution >= 0.6 is 0 Å². The molecule has 4 rings (SSSR count). The first-order chi connectivity index (χ1) is 37.9. The summed E-state index contributed by atoms with van der Waals surface area (Å²) in [6.07, 6.45) is 4.72. The molecule has 1 aromatic heterocycles. The van der Waals surface area contributed by atoms with E-state index in [1.807, 2.05) is 38.1 Å². The van der Waals surface area contributed by atoms with E-state index in [4.69, 9.17) is 22.9 Å². The number of hydrogen-bond donors (Lipinski definition) is 13. The Bertz CT molecular complexity index is 2450. The molecular weight excluding hydrogens is 1010 g/mol. The molecule has 7 amide bonds. The van der Waals surface area contributed by atoms with Crippen LogP contribution in [0, 0.1) is 17.8 Å². The van der Waals surface area contributed by atoms with Crippen molar-refractivity contribution in [2.75, 3.05) is 32.7 Å². The topological polar surface area (TPSA) is 378 Å². The number of rotatable bonds is 25. The molecule has 0 saturated carbocycles. The van der Waals surface area contributed by atoms with Crippen LogP contribution in [0.5, 0.6) is 0 Å². The Hall–Kier alpha value is -6.59.